The maximum absolute atomic E-state index is 11.5. The van der Waals surface area contributed by atoms with Crippen LogP contribution in [0.2, 0.25) is 0 Å². The van der Waals surface area contributed by atoms with Gasteiger partial charge in [0, 0.05) is 30.7 Å². The molecule has 1 heterocycles. The summed E-state index contributed by atoms with van der Waals surface area (Å²) in [4.78, 5) is 11.5. The Morgan fingerprint density at radius 3 is 2.88 bits per heavy atom. The number of benzene rings is 1. The van der Waals surface area contributed by atoms with Gasteiger partial charge in [0.05, 0.1) is 6.42 Å². The molecule has 0 fully saturated rings. The number of hydrogen-bond donors (Lipinski definition) is 1. The molecule has 1 aromatic carbocycles. The highest BCUT2D eigenvalue weighted by atomic mass is 16.1. The average Bonchev–Trinajstić information content (AvgIpc) is 2.57. The molecule has 0 saturated carbocycles. The largest absolute Gasteiger partial charge is 0.356 e. The molecule has 1 N–H and O–H groups in total. The Hall–Kier alpha value is -1.77. The van der Waals surface area contributed by atoms with E-state index < -0.39 is 0 Å². The van der Waals surface area contributed by atoms with E-state index in [-0.39, 0.29) is 5.91 Å². The van der Waals surface area contributed by atoms with E-state index in [0.29, 0.717) is 13.0 Å². The zero-order valence-corrected chi connectivity index (χ0v) is 9.66. The van der Waals surface area contributed by atoms with Crippen LogP contribution in [-0.4, -0.2) is 17.0 Å². The zero-order chi connectivity index (χ0) is 11.5. The first-order valence-electron chi connectivity index (χ1n) is 5.52. The minimum Gasteiger partial charge on any atom is -0.356 e. The maximum Gasteiger partial charge on any atom is 0.224 e. The summed E-state index contributed by atoms with van der Waals surface area (Å²) in [5.41, 5.74) is 2.26. The van der Waals surface area contributed by atoms with Crippen molar-refractivity contribution in [3.63, 3.8) is 0 Å². The van der Waals surface area contributed by atoms with E-state index in [0.717, 1.165) is 10.9 Å². The van der Waals surface area contributed by atoms with Crippen molar-refractivity contribution in [2.24, 2.45) is 7.05 Å². The number of rotatable bonds is 3. The van der Waals surface area contributed by atoms with Gasteiger partial charge in [-0.05, 0) is 18.6 Å². The zero-order valence-electron chi connectivity index (χ0n) is 9.66. The topological polar surface area (TPSA) is 34.0 Å². The van der Waals surface area contributed by atoms with E-state index in [1.165, 1.54) is 5.52 Å². The molecule has 1 amide bonds. The van der Waals surface area contributed by atoms with Gasteiger partial charge in [-0.25, -0.2) is 0 Å². The van der Waals surface area contributed by atoms with E-state index in [1.807, 2.05) is 32.3 Å². The van der Waals surface area contributed by atoms with Crippen molar-refractivity contribution in [1.29, 1.82) is 0 Å². The van der Waals surface area contributed by atoms with E-state index in [4.69, 9.17) is 0 Å². The SMILES string of the molecule is CCNC(=O)Cc1cn(C)c2ccccc12. The fraction of sp³-hybridized carbons (Fsp3) is 0.308. The smallest absolute Gasteiger partial charge is 0.224 e. The van der Waals surface area contributed by atoms with E-state index in [9.17, 15) is 4.79 Å². The van der Waals surface area contributed by atoms with Crippen molar-refractivity contribution < 1.29 is 4.79 Å². The summed E-state index contributed by atoms with van der Waals surface area (Å²) in [5, 5.41) is 3.98. The summed E-state index contributed by atoms with van der Waals surface area (Å²) in [7, 11) is 2.00. The summed E-state index contributed by atoms with van der Waals surface area (Å²) in [6, 6.07) is 8.14. The lowest BCUT2D eigenvalue weighted by Crippen LogP contribution is -2.24. The van der Waals surface area contributed by atoms with Crippen LogP contribution >= 0.6 is 0 Å². The monoisotopic (exact) mass is 216 g/mol. The standard InChI is InChI=1S/C13H16N2O/c1-3-14-13(16)8-10-9-15(2)12-7-5-4-6-11(10)12/h4-7,9H,3,8H2,1-2H3,(H,14,16). The van der Waals surface area contributed by atoms with Crippen LogP contribution < -0.4 is 5.32 Å². The number of carbonyl (C=O) groups is 1. The normalized spacial score (nSPS) is 10.6. The molecule has 16 heavy (non-hydrogen) atoms. The second-order valence-corrected chi connectivity index (χ2v) is 3.91. The van der Waals surface area contributed by atoms with Gasteiger partial charge in [-0.1, -0.05) is 18.2 Å². The summed E-state index contributed by atoms with van der Waals surface area (Å²) < 4.78 is 2.06. The van der Waals surface area contributed by atoms with Crippen LogP contribution in [0.3, 0.4) is 0 Å². The average molecular weight is 216 g/mol. The number of amides is 1. The first-order chi connectivity index (χ1) is 7.72. The molecule has 0 bridgehead atoms. The molecule has 0 atom stereocenters. The summed E-state index contributed by atoms with van der Waals surface area (Å²) in [6.45, 7) is 2.62. The highest BCUT2D eigenvalue weighted by Crippen LogP contribution is 2.20. The van der Waals surface area contributed by atoms with Gasteiger partial charge in [0.1, 0.15) is 0 Å². The van der Waals surface area contributed by atoms with E-state index in [2.05, 4.69) is 22.0 Å². The number of carbonyl (C=O) groups excluding carboxylic acids is 1. The van der Waals surface area contributed by atoms with Gasteiger partial charge in [-0.3, -0.25) is 4.79 Å². The van der Waals surface area contributed by atoms with Gasteiger partial charge in [0.25, 0.3) is 0 Å². The summed E-state index contributed by atoms with van der Waals surface area (Å²) in [5.74, 6) is 0.0823. The molecule has 0 unspecified atom stereocenters. The molecule has 0 aliphatic heterocycles. The summed E-state index contributed by atoms with van der Waals surface area (Å²) in [6.07, 6.45) is 2.48. The van der Waals surface area contributed by atoms with Crippen LogP contribution in [-0.2, 0) is 18.3 Å². The van der Waals surface area contributed by atoms with Crippen molar-refractivity contribution >= 4 is 16.8 Å². The van der Waals surface area contributed by atoms with Crippen LogP contribution in [0, 0.1) is 0 Å². The lowest BCUT2D eigenvalue weighted by molar-refractivity contribution is -0.120. The van der Waals surface area contributed by atoms with Crippen molar-refractivity contribution in [1.82, 2.24) is 9.88 Å². The predicted octanol–water partition coefficient (Wildman–Crippen LogP) is 1.86. The molecule has 3 nitrogen and oxygen atoms in total. The van der Waals surface area contributed by atoms with Crippen LogP contribution in [0.4, 0.5) is 0 Å². The van der Waals surface area contributed by atoms with Gasteiger partial charge in [-0.2, -0.15) is 0 Å². The minimum atomic E-state index is 0.0823. The second kappa shape index (κ2) is 4.39. The quantitative estimate of drug-likeness (QED) is 0.834. The molecule has 84 valence electrons. The Morgan fingerprint density at radius 2 is 2.12 bits per heavy atom. The Morgan fingerprint density at radius 1 is 1.38 bits per heavy atom. The highest BCUT2D eigenvalue weighted by molar-refractivity contribution is 5.89. The number of nitrogens with zero attached hydrogens (tertiary/aromatic N) is 1. The van der Waals surface area contributed by atoms with Gasteiger partial charge >= 0.3 is 0 Å². The van der Waals surface area contributed by atoms with Crippen LogP contribution in [0.5, 0.6) is 0 Å². The predicted molar refractivity (Wildman–Crippen MR) is 65.3 cm³/mol. The van der Waals surface area contributed by atoms with Gasteiger partial charge in [0.15, 0.2) is 0 Å². The van der Waals surface area contributed by atoms with Crippen LogP contribution in [0.1, 0.15) is 12.5 Å². The molecular weight excluding hydrogens is 200 g/mol. The number of hydrogen-bond acceptors (Lipinski definition) is 1. The van der Waals surface area contributed by atoms with Gasteiger partial charge < -0.3 is 9.88 Å². The lowest BCUT2D eigenvalue weighted by Gasteiger charge is -2.00. The molecule has 0 radical (unpaired) electrons. The van der Waals surface area contributed by atoms with Crippen molar-refractivity contribution in [2.45, 2.75) is 13.3 Å². The Balaban J connectivity index is 2.34. The number of aromatic nitrogens is 1. The van der Waals surface area contributed by atoms with Crippen LogP contribution in [0.15, 0.2) is 30.5 Å². The highest BCUT2D eigenvalue weighted by Gasteiger charge is 2.09. The maximum atomic E-state index is 11.5. The molecule has 1 aromatic heterocycles. The van der Waals surface area contributed by atoms with Gasteiger partial charge in [-0.15, -0.1) is 0 Å². The third-order valence-corrected chi connectivity index (χ3v) is 2.70. The third-order valence-electron chi connectivity index (χ3n) is 2.70. The molecule has 3 heteroatoms. The van der Waals surface area contributed by atoms with Crippen LogP contribution in [0.25, 0.3) is 10.9 Å². The van der Waals surface area contributed by atoms with E-state index >= 15 is 0 Å². The van der Waals surface area contributed by atoms with Gasteiger partial charge in [0.2, 0.25) is 5.91 Å². The molecule has 0 aliphatic carbocycles. The number of para-hydroxylation sites is 1. The molecule has 0 spiro atoms. The molecule has 2 aromatic rings. The Bertz CT molecular complexity index is 514. The third kappa shape index (κ3) is 1.94. The van der Waals surface area contributed by atoms with Crippen molar-refractivity contribution in [3.8, 4) is 0 Å². The van der Waals surface area contributed by atoms with E-state index in [1.54, 1.807) is 0 Å². The van der Waals surface area contributed by atoms with Crippen molar-refractivity contribution in [2.75, 3.05) is 6.54 Å². The Kier molecular flexibility index (Phi) is 2.95. The molecule has 2 rings (SSSR count). The number of nitrogens with one attached hydrogen (secondary N) is 1. The second-order valence-electron chi connectivity index (χ2n) is 3.91. The lowest BCUT2D eigenvalue weighted by atomic mass is 10.1. The number of aryl methyl sites for hydroxylation is 1. The number of likely N-dealkylation sites (N-methyl/N-ethyl adjacent to an activating group) is 1. The molecular formula is C13H16N2O. The molecule has 0 saturated heterocycles. The fourth-order valence-corrected chi connectivity index (χ4v) is 2.00. The number of fused-ring (bicyclic) bond motifs is 1. The van der Waals surface area contributed by atoms with Crippen molar-refractivity contribution in [3.05, 3.63) is 36.0 Å². The molecule has 0 aliphatic rings. The summed E-state index contributed by atoms with van der Waals surface area (Å²) >= 11 is 0. The Labute approximate surface area is 95.1 Å². The fourth-order valence-electron chi connectivity index (χ4n) is 2.00. The first-order valence-corrected chi connectivity index (χ1v) is 5.52. The minimum absolute atomic E-state index is 0.0823. The first kappa shape index (κ1) is 10.7.